The van der Waals surface area contributed by atoms with Crippen LogP contribution in [0.2, 0.25) is 0 Å². The van der Waals surface area contributed by atoms with Gasteiger partial charge in [0.25, 0.3) is 0 Å². The van der Waals surface area contributed by atoms with Crippen LogP contribution in [0.25, 0.3) is 0 Å². The number of hydrogen-bond acceptors (Lipinski definition) is 3. The molecule has 0 radical (unpaired) electrons. The highest BCUT2D eigenvalue weighted by molar-refractivity contribution is 7.80. The van der Waals surface area contributed by atoms with Crippen LogP contribution in [-0.4, -0.2) is 0 Å². The Morgan fingerprint density at radius 2 is 1.33 bits per heavy atom. The average Bonchev–Trinajstić information content (AvgIpc) is 2.30. The van der Waals surface area contributed by atoms with Crippen molar-refractivity contribution >= 4 is 24.0 Å². The first-order chi connectivity index (χ1) is 7.27. The first kappa shape index (κ1) is 10.1. The van der Waals surface area contributed by atoms with E-state index in [1.807, 2.05) is 54.6 Å². The molecule has 0 aliphatic rings. The van der Waals surface area contributed by atoms with Gasteiger partial charge in [0.15, 0.2) is 0 Å². The maximum Gasteiger partial charge on any atom is 0.0576 e. The molecule has 0 amide bonds. The van der Waals surface area contributed by atoms with Gasteiger partial charge in [-0.3, -0.25) is 5.01 Å². The minimum Gasteiger partial charge on any atom is -0.280 e. The van der Waals surface area contributed by atoms with E-state index >= 15 is 0 Å². The van der Waals surface area contributed by atoms with Gasteiger partial charge in [0.1, 0.15) is 0 Å². The van der Waals surface area contributed by atoms with Crippen LogP contribution in [0, 0.1) is 0 Å². The number of para-hydroxylation sites is 1. The van der Waals surface area contributed by atoms with Crippen LogP contribution in [-0.2, 0) is 0 Å². The number of thiol groups is 1. The van der Waals surface area contributed by atoms with Crippen molar-refractivity contribution in [3.8, 4) is 0 Å². The van der Waals surface area contributed by atoms with Gasteiger partial charge >= 0.3 is 0 Å². The van der Waals surface area contributed by atoms with Crippen molar-refractivity contribution in [1.82, 2.24) is 0 Å². The molecule has 2 N–H and O–H groups in total. The monoisotopic (exact) mass is 216 g/mol. The fraction of sp³-hybridized carbons (Fsp3) is 0. The summed E-state index contributed by atoms with van der Waals surface area (Å²) in [7, 11) is 0. The molecule has 15 heavy (non-hydrogen) atoms. The lowest BCUT2D eigenvalue weighted by Gasteiger charge is -2.18. The molecule has 2 nitrogen and oxygen atoms in total. The third kappa shape index (κ3) is 2.32. The molecule has 0 spiro atoms. The summed E-state index contributed by atoms with van der Waals surface area (Å²) < 4.78 is 0. The van der Waals surface area contributed by atoms with Gasteiger partial charge in [0.05, 0.1) is 11.4 Å². The van der Waals surface area contributed by atoms with Crippen molar-refractivity contribution < 1.29 is 0 Å². The fourth-order valence-corrected chi connectivity index (χ4v) is 1.50. The van der Waals surface area contributed by atoms with E-state index in [0.717, 1.165) is 16.3 Å². The average molecular weight is 216 g/mol. The van der Waals surface area contributed by atoms with E-state index < -0.39 is 0 Å². The maximum atomic E-state index is 5.97. The Morgan fingerprint density at radius 1 is 0.800 bits per heavy atom. The van der Waals surface area contributed by atoms with Gasteiger partial charge in [-0.2, -0.15) is 0 Å². The molecule has 0 aromatic heterocycles. The molecule has 0 aliphatic carbocycles. The predicted molar refractivity (Wildman–Crippen MR) is 66.5 cm³/mol. The molecule has 0 saturated carbocycles. The van der Waals surface area contributed by atoms with Crippen molar-refractivity contribution in [1.29, 1.82) is 0 Å². The Bertz CT molecular complexity index is 425. The minimum atomic E-state index is 0.931. The summed E-state index contributed by atoms with van der Waals surface area (Å²) in [6.45, 7) is 0. The van der Waals surface area contributed by atoms with Crippen molar-refractivity contribution in [3.63, 3.8) is 0 Å². The van der Waals surface area contributed by atoms with Crippen LogP contribution in [0.15, 0.2) is 59.5 Å². The Kier molecular flexibility index (Phi) is 2.94. The number of hydrazine groups is 1. The highest BCUT2D eigenvalue weighted by Gasteiger charge is 2.02. The molecule has 0 saturated heterocycles. The van der Waals surface area contributed by atoms with Crippen LogP contribution in [0.3, 0.4) is 0 Å². The molecule has 0 heterocycles. The Morgan fingerprint density at radius 3 is 1.93 bits per heavy atom. The zero-order valence-electron chi connectivity index (χ0n) is 8.17. The van der Waals surface area contributed by atoms with Crippen LogP contribution >= 0.6 is 12.6 Å². The zero-order valence-corrected chi connectivity index (χ0v) is 9.06. The van der Waals surface area contributed by atoms with E-state index in [-0.39, 0.29) is 0 Å². The van der Waals surface area contributed by atoms with Crippen molar-refractivity contribution in [2.24, 2.45) is 5.84 Å². The van der Waals surface area contributed by atoms with Gasteiger partial charge in [-0.1, -0.05) is 18.2 Å². The summed E-state index contributed by atoms with van der Waals surface area (Å²) in [5, 5.41) is 1.65. The Balaban J connectivity index is 2.29. The minimum absolute atomic E-state index is 0.931. The number of nitrogens with two attached hydrogens (primary N) is 1. The second-order valence-electron chi connectivity index (χ2n) is 3.22. The number of rotatable bonds is 2. The standard InChI is InChI=1S/C12H12N2S/c13-14(10-4-2-1-3-5-10)11-6-8-12(15)9-7-11/h1-9,15H,13H2. The van der Waals surface area contributed by atoms with Crippen molar-refractivity contribution in [3.05, 3.63) is 54.6 Å². The van der Waals surface area contributed by atoms with Crippen LogP contribution in [0.4, 0.5) is 11.4 Å². The lowest BCUT2D eigenvalue weighted by Crippen LogP contribution is -2.24. The highest BCUT2D eigenvalue weighted by Crippen LogP contribution is 2.22. The molecule has 0 aliphatic heterocycles. The summed E-state index contributed by atoms with van der Waals surface area (Å²) in [6, 6.07) is 17.5. The van der Waals surface area contributed by atoms with Crippen LogP contribution in [0.1, 0.15) is 0 Å². The summed E-state index contributed by atoms with van der Waals surface area (Å²) in [6.07, 6.45) is 0. The number of hydrogen-bond donors (Lipinski definition) is 2. The first-order valence-electron chi connectivity index (χ1n) is 4.66. The van der Waals surface area contributed by atoms with Gasteiger partial charge in [-0.15, -0.1) is 12.6 Å². The third-order valence-corrected chi connectivity index (χ3v) is 2.46. The molecular formula is C12H12N2S. The molecule has 0 bridgehead atoms. The smallest absolute Gasteiger partial charge is 0.0576 e. The summed E-state index contributed by atoms with van der Waals surface area (Å²) in [4.78, 5) is 0.931. The Labute approximate surface area is 94.7 Å². The van der Waals surface area contributed by atoms with E-state index in [4.69, 9.17) is 5.84 Å². The zero-order chi connectivity index (χ0) is 10.7. The van der Waals surface area contributed by atoms with E-state index in [2.05, 4.69) is 12.6 Å². The number of anilines is 2. The number of nitrogens with zero attached hydrogens (tertiary/aromatic N) is 1. The molecule has 3 heteroatoms. The third-order valence-electron chi connectivity index (χ3n) is 2.16. The lowest BCUT2D eigenvalue weighted by atomic mass is 10.2. The largest absolute Gasteiger partial charge is 0.280 e. The highest BCUT2D eigenvalue weighted by atomic mass is 32.1. The van der Waals surface area contributed by atoms with E-state index in [9.17, 15) is 0 Å². The molecule has 76 valence electrons. The van der Waals surface area contributed by atoms with E-state index in [1.165, 1.54) is 0 Å². The summed E-state index contributed by atoms with van der Waals surface area (Å²) >= 11 is 4.23. The molecule has 2 rings (SSSR count). The van der Waals surface area contributed by atoms with Crippen LogP contribution < -0.4 is 10.9 Å². The normalized spacial score (nSPS) is 10.0. The van der Waals surface area contributed by atoms with Crippen molar-refractivity contribution in [2.75, 3.05) is 5.01 Å². The maximum absolute atomic E-state index is 5.97. The second kappa shape index (κ2) is 4.38. The van der Waals surface area contributed by atoms with Crippen LogP contribution in [0.5, 0.6) is 0 Å². The summed E-state index contributed by atoms with van der Waals surface area (Å²) in [5.74, 6) is 5.97. The second-order valence-corrected chi connectivity index (χ2v) is 3.74. The van der Waals surface area contributed by atoms with Crippen molar-refractivity contribution in [2.45, 2.75) is 4.90 Å². The molecule has 2 aromatic carbocycles. The fourth-order valence-electron chi connectivity index (χ4n) is 1.35. The molecule has 0 unspecified atom stereocenters. The van der Waals surface area contributed by atoms with Gasteiger partial charge in [-0.25, -0.2) is 5.84 Å². The van der Waals surface area contributed by atoms with E-state index in [1.54, 1.807) is 5.01 Å². The molecule has 2 aromatic rings. The van der Waals surface area contributed by atoms with Gasteiger partial charge < -0.3 is 0 Å². The SMILES string of the molecule is NN(c1ccccc1)c1ccc(S)cc1. The topological polar surface area (TPSA) is 29.3 Å². The van der Waals surface area contributed by atoms with Gasteiger partial charge in [-0.05, 0) is 36.4 Å². The predicted octanol–water partition coefficient (Wildman–Crippen LogP) is 2.99. The molecular weight excluding hydrogens is 204 g/mol. The number of benzene rings is 2. The Hall–Kier alpha value is -1.45. The quantitative estimate of drug-likeness (QED) is 0.459. The lowest BCUT2D eigenvalue weighted by molar-refractivity contribution is 1.08. The first-order valence-corrected chi connectivity index (χ1v) is 5.11. The molecule has 0 fully saturated rings. The van der Waals surface area contributed by atoms with E-state index in [0.29, 0.717) is 0 Å². The summed E-state index contributed by atoms with van der Waals surface area (Å²) in [5.41, 5.74) is 1.91. The molecule has 0 atom stereocenters. The van der Waals surface area contributed by atoms with Gasteiger partial charge in [0.2, 0.25) is 0 Å². The van der Waals surface area contributed by atoms with Gasteiger partial charge in [0, 0.05) is 4.90 Å².